The molecule has 2 heterocycles. The Morgan fingerprint density at radius 2 is 2.11 bits per heavy atom. The van der Waals surface area contributed by atoms with E-state index in [2.05, 4.69) is 15.9 Å². The number of benzene rings is 1. The van der Waals surface area contributed by atoms with E-state index < -0.39 is 0 Å². The van der Waals surface area contributed by atoms with Crippen LogP contribution in [0.15, 0.2) is 18.2 Å². The summed E-state index contributed by atoms with van der Waals surface area (Å²) >= 11 is 3.65. The predicted molar refractivity (Wildman–Crippen MR) is 75.4 cm³/mol. The molecule has 19 heavy (non-hydrogen) atoms. The number of hydrogen-bond acceptors (Lipinski definition) is 2. The third-order valence-corrected chi connectivity index (χ3v) is 5.45. The largest absolute Gasteiger partial charge is 0.490 e. The van der Waals surface area contributed by atoms with Gasteiger partial charge in [-0.3, -0.25) is 0 Å². The van der Waals surface area contributed by atoms with E-state index in [1.54, 1.807) is 12.1 Å². The number of halogens is 2. The molecule has 2 aliphatic rings. The van der Waals surface area contributed by atoms with Gasteiger partial charge in [-0.2, -0.15) is 0 Å². The van der Waals surface area contributed by atoms with Gasteiger partial charge in [-0.05, 0) is 42.9 Å². The topological polar surface area (TPSA) is 18.5 Å². The number of hydrogen-bond donors (Lipinski definition) is 0. The zero-order valence-corrected chi connectivity index (χ0v) is 12.4. The molecule has 0 radical (unpaired) electrons. The van der Waals surface area contributed by atoms with Crippen molar-refractivity contribution >= 4 is 15.9 Å². The van der Waals surface area contributed by atoms with E-state index in [4.69, 9.17) is 9.47 Å². The molecule has 0 N–H and O–H groups in total. The maximum Gasteiger partial charge on any atom is 0.123 e. The van der Waals surface area contributed by atoms with Gasteiger partial charge in [0.05, 0.1) is 0 Å². The Morgan fingerprint density at radius 1 is 1.32 bits per heavy atom. The zero-order valence-electron chi connectivity index (χ0n) is 10.8. The normalized spacial score (nSPS) is 24.8. The van der Waals surface area contributed by atoms with E-state index in [-0.39, 0.29) is 17.3 Å². The molecule has 2 nitrogen and oxygen atoms in total. The number of rotatable bonds is 3. The van der Waals surface area contributed by atoms with E-state index in [1.807, 2.05) is 0 Å². The maximum atomic E-state index is 13.2. The van der Waals surface area contributed by atoms with Gasteiger partial charge in [0, 0.05) is 30.5 Å². The highest BCUT2D eigenvalue weighted by Gasteiger charge is 2.37. The van der Waals surface area contributed by atoms with Crippen molar-refractivity contribution in [2.24, 2.45) is 5.41 Å². The van der Waals surface area contributed by atoms with E-state index in [0.29, 0.717) is 0 Å². The van der Waals surface area contributed by atoms with Crippen molar-refractivity contribution in [2.45, 2.75) is 31.8 Å². The monoisotopic (exact) mass is 328 g/mol. The van der Waals surface area contributed by atoms with E-state index in [0.717, 1.165) is 55.5 Å². The van der Waals surface area contributed by atoms with Gasteiger partial charge in [-0.25, -0.2) is 4.39 Å². The van der Waals surface area contributed by atoms with Crippen LogP contribution in [0, 0.1) is 11.2 Å². The highest BCUT2D eigenvalue weighted by atomic mass is 79.9. The first kappa shape index (κ1) is 13.4. The van der Waals surface area contributed by atoms with Crippen LogP contribution >= 0.6 is 15.9 Å². The molecule has 0 amide bonds. The van der Waals surface area contributed by atoms with Gasteiger partial charge < -0.3 is 9.47 Å². The highest BCUT2D eigenvalue weighted by molar-refractivity contribution is 9.09. The standard InChI is InChI=1S/C15H18BrFO2/c16-10-15(3-5-18-6-4-15)9-13-8-11-7-12(17)1-2-14(11)19-13/h1-2,7,13H,3-6,8-10H2. The van der Waals surface area contributed by atoms with Crippen LogP contribution in [0.1, 0.15) is 24.8 Å². The first-order chi connectivity index (χ1) is 9.21. The van der Waals surface area contributed by atoms with Gasteiger partial charge in [0.2, 0.25) is 0 Å². The number of ether oxygens (including phenoxy) is 2. The molecule has 1 unspecified atom stereocenters. The fourth-order valence-corrected chi connectivity index (χ4v) is 3.87. The van der Waals surface area contributed by atoms with E-state index in [9.17, 15) is 4.39 Å². The summed E-state index contributed by atoms with van der Waals surface area (Å²) < 4.78 is 24.6. The second kappa shape index (κ2) is 5.41. The molecule has 0 aliphatic carbocycles. The van der Waals surface area contributed by atoms with Gasteiger partial charge in [-0.1, -0.05) is 15.9 Å². The van der Waals surface area contributed by atoms with Crippen LogP contribution in [0.2, 0.25) is 0 Å². The van der Waals surface area contributed by atoms with Crippen molar-refractivity contribution in [2.75, 3.05) is 18.5 Å². The third kappa shape index (κ3) is 2.79. The molecule has 2 aliphatic heterocycles. The molecule has 0 bridgehead atoms. The van der Waals surface area contributed by atoms with Crippen LogP contribution in [0.5, 0.6) is 5.75 Å². The molecule has 104 valence electrons. The molecule has 4 heteroatoms. The first-order valence-electron chi connectivity index (χ1n) is 6.80. The summed E-state index contributed by atoms with van der Waals surface area (Å²) in [5.41, 5.74) is 1.27. The summed E-state index contributed by atoms with van der Waals surface area (Å²) in [5.74, 6) is 0.674. The Bertz CT molecular complexity index is 457. The molecule has 1 atom stereocenters. The zero-order chi connectivity index (χ0) is 13.3. The lowest BCUT2D eigenvalue weighted by Gasteiger charge is -2.37. The second-order valence-electron chi connectivity index (χ2n) is 5.65. The summed E-state index contributed by atoms with van der Waals surface area (Å²) in [6, 6.07) is 4.81. The van der Waals surface area contributed by atoms with Crippen molar-refractivity contribution in [3.05, 3.63) is 29.6 Å². The lowest BCUT2D eigenvalue weighted by molar-refractivity contribution is 0.00665. The van der Waals surface area contributed by atoms with E-state index >= 15 is 0 Å². The van der Waals surface area contributed by atoms with Gasteiger partial charge in [-0.15, -0.1) is 0 Å². The molecule has 1 saturated heterocycles. The molecule has 3 rings (SSSR count). The predicted octanol–water partition coefficient (Wildman–Crippen LogP) is 3.71. The SMILES string of the molecule is Fc1ccc2c(c1)CC(CC1(CBr)CCOCC1)O2. The Morgan fingerprint density at radius 3 is 2.84 bits per heavy atom. The second-order valence-corrected chi connectivity index (χ2v) is 6.21. The van der Waals surface area contributed by atoms with Crippen LogP contribution in [0.4, 0.5) is 4.39 Å². The molecule has 0 aromatic heterocycles. The van der Waals surface area contributed by atoms with Crippen molar-refractivity contribution in [3.63, 3.8) is 0 Å². The smallest absolute Gasteiger partial charge is 0.123 e. The fraction of sp³-hybridized carbons (Fsp3) is 0.600. The minimum absolute atomic E-state index is 0.174. The van der Waals surface area contributed by atoms with Crippen LogP contribution in [0.3, 0.4) is 0 Å². The average Bonchev–Trinajstić information content (AvgIpc) is 2.81. The van der Waals surface area contributed by atoms with Crippen molar-refractivity contribution in [1.82, 2.24) is 0 Å². The van der Waals surface area contributed by atoms with Crippen LogP contribution in [0.25, 0.3) is 0 Å². The highest BCUT2D eigenvalue weighted by Crippen LogP contribution is 2.41. The minimum Gasteiger partial charge on any atom is -0.490 e. The first-order valence-corrected chi connectivity index (χ1v) is 7.92. The van der Waals surface area contributed by atoms with Gasteiger partial charge in [0.1, 0.15) is 17.7 Å². The summed E-state index contributed by atoms with van der Waals surface area (Å²) in [5, 5.41) is 0.980. The fourth-order valence-electron chi connectivity index (χ4n) is 3.08. The number of alkyl halides is 1. The van der Waals surface area contributed by atoms with Gasteiger partial charge >= 0.3 is 0 Å². The quantitative estimate of drug-likeness (QED) is 0.787. The molecule has 0 saturated carbocycles. The Labute approximate surface area is 121 Å². The third-order valence-electron chi connectivity index (χ3n) is 4.26. The summed E-state index contributed by atoms with van der Waals surface area (Å²) in [7, 11) is 0. The molecular weight excluding hydrogens is 311 g/mol. The number of fused-ring (bicyclic) bond motifs is 1. The van der Waals surface area contributed by atoms with Gasteiger partial charge in [0.25, 0.3) is 0 Å². The molecule has 1 fully saturated rings. The molecule has 0 spiro atoms. The Hall–Kier alpha value is -0.610. The van der Waals surface area contributed by atoms with Crippen molar-refractivity contribution in [3.8, 4) is 5.75 Å². The molecule has 1 aromatic carbocycles. The van der Waals surface area contributed by atoms with Crippen LogP contribution in [-0.2, 0) is 11.2 Å². The van der Waals surface area contributed by atoms with Crippen molar-refractivity contribution in [1.29, 1.82) is 0 Å². The Kier molecular flexibility index (Phi) is 3.81. The van der Waals surface area contributed by atoms with E-state index in [1.165, 1.54) is 6.07 Å². The lowest BCUT2D eigenvalue weighted by Crippen LogP contribution is -2.36. The van der Waals surface area contributed by atoms with Gasteiger partial charge in [0.15, 0.2) is 0 Å². The summed E-state index contributed by atoms with van der Waals surface area (Å²) in [6.07, 6.45) is 4.15. The van der Waals surface area contributed by atoms with Crippen LogP contribution < -0.4 is 4.74 Å². The lowest BCUT2D eigenvalue weighted by atomic mass is 9.77. The summed E-state index contributed by atoms with van der Waals surface area (Å²) in [6.45, 7) is 1.67. The Balaban J connectivity index is 1.69. The minimum atomic E-state index is -0.177. The summed E-state index contributed by atoms with van der Waals surface area (Å²) in [4.78, 5) is 0. The van der Waals surface area contributed by atoms with Crippen molar-refractivity contribution < 1.29 is 13.9 Å². The molecule has 1 aromatic rings. The average molecular weight is 329 g/mol. The molecular formula is C15H18BrFO2. The maximum absolute atomic E-state index is 13.2. The van der Waals surface area contributed by atoms with Crippen LogP contribution in [-0.4, -0.2) is 24.6 Å².